The molecular formula is C14H11N3O3. The summed E-state index contributed by atoms with van der Waals surface area (Å²) < 4.78 is 0. The van der Waals surface area contributed by atoms with Gasteiger partial charge >= 0.3 is 0 Å². The number of anilines is 1. The van der Waals surface area contributed by atoms with Crippen LogP contribution in [0.15, 0.2) is 48.5 Å². The molecule has 0 aliphatic carbocycles. The van der Waals surface area contributed by atoms with Gasteiger partial charge < -0.3 is 10.6 Å². The molecule has 0 spiro atoms. The van der Waals surface area contributed by atoms with Crippen LogP contribution in [-0.4, -0.2) is 10.8 Å². The molecule has 0 saturated heterocycles. The lowest BCUT2D eigenvalue weighted by molar-refractivity contribution is -0.384. The molecule has 2 N–H and O–H groups in total. The number of amides is 1. The minimum absolute atomic E-state index is 0.00240. The lowest BCUT2D eigenvalue weighted by Crippen LogP contribution is -2.38. The molecule has 0 bridgehead atoms. The average Bonchev–Trinajstić information content (AvgIpc) is 2.47. The number of benzene rings is 2. The lowest BCUT2D eigenvalue weighted by Gasteiger charge is -2.27. The zero-order chi connectivity index (χ0) is 14.1. The van der Waals surface area contributed by atoms with Crippen molar-refractivity contribution in [3.63, 3.8) is 0 Å². The second-order valence-electron chi connectivity index (χ2n) is 4.45. The Labute approximate surface area is 114 Å². The molecule has 6 nitrogen and oxygen atoms in total. The van der Waals surface area contributed by atoms with E-state index in [1.807, 2.05) is 6.07 Å². The zero-order valence-corrected chi connectivity index (χ0v) is 10.4. The highest BCUT2D eigenvalue weighted by atomic mass is 16.6. The summed E-state index contributed by atoms with van der Waals surface area (Å²) in [6.45, 7) is 0. The van der Waals surface area contributed by atoms with Gasteiger partial charge in [-0.2, -0.15) is 0 Å². The summed E-state index contributed by atoms with van der Waals surface area (Å²) in [5, 5.41) is 16.7. The number of hydrogen-bond donors (Lipinski definition) is 2. The molecule has 0 unspecified atom stereocenters. The van der Waals surface area contributed by atoms with E-state index >= 15 is 0 Å². The molecule has 0 saturated carbocycles. The molecule has 0 aromatic heterocycles. The van der Waals surface area contributed by atoms with Gasteiger partial charge in [0.05, 0.1) is 10.5 Å². The summed E-state index contributed by atoms with van der Waals surface area (Å²) in [7, 11) is 0. The number of carbonyl (C=O) groups excluding carboxylic acids is 1. The van der Waals surface area contributed by atoms with Gasteiger partial charge in [-0.05, 0) is 12.1 Å². The summed E-state index contributed by atoms with van der Waals surface area (Å²) in [4.78, 5) is 22.3. The lowest BCUT2D eigenvalue weighted by atomic mass is 10.1. The van der Waals surface area contributed by atoms with Crippen LogP contribution in [0.2, 0.25) is 0 Å². The van der Waals surface area contributed by atoms with Crippen molar-refractivity contribution < 1.29 is 9.72 Å². The highest BCUT2D eigenvalue weighted by Crippen LogP contribution is 2.27. The van der Waals surface area contributed by atoms with Crippen LogP contribution in [0.1, 0.15) is 22.1 Å². The van der Waals surface area contributed by atoms with Gasteiger partial charge in [0.15, 0.2) is 0 Å². The Morgan fingerprint density at radius 2 is 1.85 bits per heavy atom. The molecule has 1 aliphatic rings. The number of nitro groups is 1. The van der Waals surface area contributed by atoms with E-state index in [0.29, 0.717) is 16.8 Å². The van der Waals surface area contributed by atoms with Crippen LogP contribution < -0.4 is 10.6 Å². The molecule has 0 fully saturated rings. The molecule has 0 radical (unpaired) electrons. The Balaban J connectivity index is 1.95. The standard InChI is InChI=1S/C14H11N3O3/c18-14-11-6-1-2-7-12(11)15-13(16-14)9-4-3-5-10(8-9)17(19)20/h1-8,13,15H,(H,16,18)/t13-/m1/s1. The van der Waals surface area contributed by atoms with E-state index in [4.69, 9.17) is 0 Å². The van der Waals surface area contributed by atoms with Gasteiger partial charge in [0.25, 0.3) is 11.6 Å². The third kappa shape index (κ3) is 2.07. The molecule has 2 aromatic carbocycles. The van der Waals surface area contributed by atoms with E-state index in [2.05, 4.69) is 10.6 Å². The normalized spacial score (nSPS) is 16.8. The molecule has 1 heterocycles. The summed E-state index contributed by atoms with van der Waals surface area (Å²) in [5.41, 5.74) is 1.92. The van der Waals surface area contributed by atoms with Gasteiger partial charge in [-0.25, -0.2) is 0 Å². The van der Waals surface area contributed by atoms with Gasteiger partial charge in [-0.15, -0.1) is 0 Å². The number of para-hydroxylation sites is 1. The monoisotopic (exact) mass is 269 g/mol. The van der Waals surface area contributed by atoms with Crippen molar-refractivity contribution in [2.24, 2.45) is 0 Å². The van der Waals surface area contributed by atoms with Gasteiger partial charge in [0.2, 0.25) is 0 Å². The van der Waals surface area contributed by atoms with E-state index in [9.17, 15) is 14.9 Å². The first-order chi connectivity index (χ1) is 9.65. The average molecular weight is 269 g/mol. The van der Waals surface area contributed by atoms with Crippen molar-refractivity contribution >= 4 is 17.3 Å². The van der Waals surface area contributed by atoms with Crippen molar-refractivity contribution in [1.29, 1.82) is 0 Å². The van der Waals surface area contributed by atoms with Crippen molar-refractivity contribution in [2.75, 3.05) is 5.32 Å². The van der Waals surface area contributed by atoms with Crippen molar-refractivity contribution in [3.05, 3.63) is 69.8 Å². The van der Waals surface area contributed by atoms with Crippen LogP contribution in [0, 0.1) is 10.1 Å². The third-order valence-corrected chi connectivity index (χ3v) is 3.16. The highest BCUT2D eigenvalue weighted by Gasteiger charge is 2.24. The van der Waals surface area contributed by atoms with Gasteiger partial charge in [0.1, 0.15) is 6.17 Å². The van der Waals surface area contributed by atoms with Crippen LogP contribution >= 0.6 is 0 Å². The predicted molar refractivity (Wildman–Crippen MR) is 73.4 cm³/mol. The SMILES string of the molecule is O=C1N[C@H](c2cccc([N+](=O)[O-])c2)Nc2ccccc21. The van der Waals surface area contributed by atoms with Crippen molar-refractivity contribution in [2.45, 2.75) is 6.17 Å². The summed E-state index contributed by atoms with van der Waals surface area (Å²) in [6.07, 6.45) is -0.475. The first kappa shape index (κ1) is 12.2. The van der Waals surface area contributed by atoms with Crippen molar-refractivity contribution in [1.82, 2.24) is 5.32 Å². The summed E-state index contributed by atoms with van der Waals surface area (Å²) in [6, 6.07) is 13.3. The number of carbonyl (C=O) groups is 1. The number of nitrogens with one attached hydrogen (secondary N) is 2. The molecule has 1 amide bonds. The minimum Gasteiger partial charge on any atom is -0.361 e. The number of nitrogens with zero attached hydrogens (tertiary/aromatic N) is 1. The Bertz CT molecular complexity index is 700. The van der Waals surface area contributed by atoms with E-state index in [1.165, 1.54) is 12.1 Å². The van der Waals surface area contributed by atoms with E-state index in [0.717, 1.165) is 0 Å². The highest BCUT2D eigenvalue weighted by molar-refractivity contribution is 6.01. The van der Waals surface area contributed by atoms with E-state index in [1.54, 1.807) is 30.3 Å². The largest absolute Gasteiger partial charge is 0.361 e. The Morgan fingerprint density at radius 1 is 1.05 bits per heavy atom. The Hall–Kier alpha value is -2.89. The molecule has 6 heteroatoms. The maximum absolute atomic E-state index is 12.0. The Kier molecular flexibility index (Phi) is 2.83. The molecule has 1 atom stereocenters. The van der Waals surface area contributed by atoms with Gasteiger partial charge in [0, 0.05) is 23.4 Å². The summed E-state index contributed by atoms with van der Waals surface area (Å²) in [5.74, 6) is -0.198. The number of fused-ring (bicyclic) bond motifs is 1. The number of non-ortho nitro benzene ring substituents is 1. The van der Waals surface area contributed by atoms with Crippen LogP contribution in [0.25, 0.3) is 0 Å². The van der Waals surface area contributed by atoms with E-state index in [-0.39, 0.29) is 11.6 Å². The quantitative estimate of drug-likeness (QED) is 0.647. The van der Waals surface area contributed by atoms with Crippen LogP contribution in [-0.2, 0) is 0 Å². The maximum Gasteiger partial charge on any atom is 0.269 e. The van der Waals surface area contributed by atoms with Crippen LogP contribution in [0.3, 0.4) is 0 Å². The van der Waals surface area contributed by atoms with Crippen LogP contribution in [0.4, 0.5) is 11.4 Å². The third-order valence-electron chi connectivity index (χ3n) is 3.16. The fourth-order valence-electron chi connectivity index (χ4n) is 2.19. The first-order valence-corrected chi connectivity index (χ1v) is 6.06. The Morgan fingerprint density at radius 3 is 2.65 bits per heavy atom. The molecule has 100 valence electrons. The first-order valence-electron chi connectivity index (χ1n) is 6.06. The smallest absolute Gasteiger partial charge is 0.269 e. The molecular weight excluding hydrogens is 258 g/mol. The number of rotatable bonds is 2. The minimum atomic E-state index is -0.475. The van der Waals surface area contributed by atoms with Crippen LogP contribution in [0.5, 0.6) is 0 Å². The second-order valence-corrected chi connectivity index (χ2v) is 4.45. The predicted octanol–water partition coefficient (Wildman–Crippen LogP) is 2.45. The maximum atomic E-state index is 12.0. The molecule has 2 aromatic rings. The fourth-order valence-corrected chi connectivity index (χ4v) is 2.19. The van der Waals surface area contributed by atoms with Gasteiger partial charge in [-0.3, -0.25) is 14.9 Å². The van der Waals surface area contributed by atoms with Crippen molar-refractivity contribution in [3.8, 4) is 0 Å². The summed E-state index contributed by atoms with van der Waals surface area (Å²) >= 11 is 0. The van der Waals surface area contributed by atoms with E-state index < -0.39 is 11.1 Å². The molecule has 1 aliphatic heterocycles. The fraction of sp³-hybridized carbons (Fsp3) is 0.0714. The van der Waals surface area contributed by atoms with Gasteiger partial charge in [-0.1, -0.05) is 24.3 Å². The number of nitro benzene ring substituents is 1. The zero-order valence-electron chi connectivity index (χ0n) is 10.4. The second kappa shape index (κ2) is 4.65. The molecule has 3 rings (SSSR count). The molecule has 20 heavy (non-hydrogen) atoms. The topological polar surface area (TPSA) is 84.3 Å². The number of hydrogen-bond acceptors (Lipinski definition) is 4.